The Morgan fingerprint density at radius 3 is 2.44 bits per heavy atom. The molecule has 2 heteroatoms. The maximum atomic E-state index is 8.02. The van der Waals surface area contributed by atoms with Crippen molar-refractivity contribution in [1.82, 2.24) is 0 Å². The van der Waals surface area contributed by atoms with Crippen LogP contribution in [-0.2, 0) is 11.5 Å². The fraction of sp³-hybridized carbons (Fsp3) is 0.143. The predicted molar refractivity (Wildman–Crippen MR) is 33.9 cm³/mol. The zero-order valence-corrected chi connectivity index (χ0v) is 4.95. The molecule has 0 aliphatic carbocycles. The van der Waals surface area contributed by atoms with Gasteiger partial charge in [0.1, 0.15) is 6.61 Å². The van der Waals surface area contributed by atoms with E-state index in [0.717, 1.165) is 5.56 Å². The molecular formula is C7H8O2. The Balaban J connectivity index is 2.61. The lowest BCUT2D eigenvalue weighted by Gasteiger charge is -1.93. The highest BCUT2D eigenvalue weighted by atomic mass is 17.1. The second kappa shape index (κ2) is 3.22. The average molecular weight is 124 g/mol. The van der Waals surface area contributed by atoms with Crippen molar-refractivity contribution >= 4 is 0 Å². The standard InChI is InChI=1S/C7H8O2/c8-9-6-7-4-2-1-3-5-7/h1-5,8H,6H2. The molecule has 0 spiro atoms. The molecule has 1 rings (SSSR count). The molecule has 0 aromatic heterocycles. The minimum Gasteiger partial charge on any atom is -0.251 e. The molecule has 0 radical (unpaired) electrons. The van der Waals surface area contributed by atoms with Gasteiger partial charge in [-0.2, -0.15) is 0 Å². The van der Waals surface area contributed by atoms with Crippen molar-refractivity contribution in [3.63, 3.8) is 0 Å². The predicted octanol–water partition coefficient (Wildman–Crippen LogP) is 1.68. The number of hydrogen-bond acceptors (Lipinski definition) is 2. The van der Waals surface area contributed by atoms with E-state index in [1.165, 1.54) is 0 Å². The molecule has 2 nitrogen and oxygen atoms in total. The zero-order chi connectivity index (χ0) is 6.53. The highest BCUT2D eigenvalue weighted by Gasteiger charge is 1.86. The largest absolute Gasteiger partial charge is 0.251 e. The molecule has 0 aliphatic heterocycles. The summed E-state index contributed by atoms with van der Waals surface area (Å²) in [6.07, 6.45) is 0. The van der Waals surface area contributed by atoms with Crippen molar-refractivity contribution in [3.8, 4) is 0 Å². The van der Waals surface area contributed by atoms with Crippen molar-refractivity contribution in [2.24, 2.45) is 0 Å². The van der Waals surface area contributed by atoms with Gasteiger partial charge in [-0.05, 0) is 5.56 Å². The highest BCUT2D eigenvalue weighted by Crippen LogP contribution is 1.98. The van der Waals surface area contributed by atoms with Crippen LogP contribution in [0, 0.1) is 0 Å². The molecule has 0 atom stereocenters. The molecule has 0 heterocycles. The molecule has 1 N–H and O–H groups in total. The van der Waals surface area contributed by atoms with Crippen LogP contribution in [0.15, 0.2) is 30.3 Å². The molecule has 1 aromatic carbocycles. The fourth-order valence-corrected chi connectivity index (χ4v) is 0.649. The number of benzene rings is 1. The summed E-state index contributed by atoms with van der Waals surface area (Å²) in [6, 6.07) is 9.48. The third-order valence-corrected chi connectivity index (χ3v) is 1.07. The minimum atomic E-state index is 0.265. The van der Waals surface area contributed by atoms with E-state index in [-0.39, 0.29) is 6.61 Å². The molecule has 0 bridgehead atoms. The first kappa shape index (κ1) is 6.26. The van der Waals surface area contributed by atoms with E-state index in [1.54, 1.807) is 0 Å². The normalized spacial score (nSPS) is 9.44. The van der Waals surface area contributed by atoms with Crippen molar-refractivity contribution < 1.29 is 10.1 Å². The summed E-state index contributed by atoms with van der Waals surface area (Å²) in [7, 11) is 0. The maximum Gasteiger partial charge on any atom is 0.107 e. The summed E-state index contributed by atoms with van der Waals surface area (Å²) >= 11 is 0. The first-order valence-electron chi connectivity index (χ1n) is 2.74. The van der Waals surface area contributed by atoms with Crippen LogP contribution in [0.1, 0.15) is 5.56 Å². The number of rotatable bonds is 2. The van der Waals surface area contributed by atoms with E-state index in [2.05, 4.69) is 4.89 Å². The van der Waals surface area contributed by atoms with Crippen LogP contribution in [0.25, 0.3) is 0 Å². The van der Waals surface area contributed by atoms with Gasteiger partial charge in [-0.25, -0.2) is 4.89 Å². The Morgan fingerprint density at radius 2 is 1.89 bits per heavy atom. The fourth-order valence-electron chi connectivity index (χ4n) is 0.649. The molecule has 0 saturated carbocycles. The van der Waals surface area contributed by atoms with Crippen molar-refractivity contribution in [2.45, 2.75) is 6.61 Å². The quantitative estimate of drug-likeness (QED) is 0.480. The van der Waals surface area contributed by atoms with Crippen LogP contribution in [0.3, 0.4) is 0 Å². The molecular weight excluding hydrogens is 116 g/mol. The van der Waals surface area contributed by atoms with Crippen LogP contribution >= 0.6 is 0 Å². The molecule has 0 saturated heterocycles. The highest BCUT2D eigenvalue weighted by molar-refractivity contribution is 5.13. The summed E-state index contributed by atoms with van der Waals surface area (Å²) in [5.74, 6) is 0. The maximum absolute atomic E-state index is 8.02. The summed E-state index contributed by atoms with van der Waals surface area (Å²) in [5.41, 5.74) is 0.972. The van der Waals surface area contributed by atoms with Gasteiger partial charge >= 0.3 is 0 Å². The SMILES string of the molecule is OOCc1ccccc1. The van der Waals surface area contributed by atoms with E-state index < -0.39 is 0 Å². The van der Waals surface area contributed by atoms with E-state index in [4.69, 9.17) is 5.26 Å². The topological polar surface area (TPSA) is 29.5 Å². The molecule has 0 fully saturated rings. The molecule has 9 heavy (non-hydrogen) atoms. The van der Waals surface area contributed by atoms with Crippen molar-refractivity contribution in [1.29, 1.82) is 0 Å². The van der Waals surface area contributed by atoms with Gasteiger partial charge in [-0.3, -0.25) is 5.26 Å². The Hall–Kier alpha value is -0.860. The van der Waals surface area contributed by atoms with Gasteiger partial charge < -0.3 is 0 Å². The third kappa shape index (κ3) is 1.83. The molecule has 48 valence electrons. The first-order chi connectivity index (χ1) is 4.43. The first-order valence-corrected chi connectivity index (χ1v) is 2.74. The lowest BCUT2D eigenvalue weighted by atomic mass is 10.2. The van der Waals surface area contributed by atoms with Crippen LogP contribution in [0.4, 0.5) is 0 Å². The Morgan fingerprint density at radius 1 is 1.22 bits per heavy atom. The second-order valence-corrected chi connectivity index (χ2v) is 1.76. The second-order valence-electron chi connectivity index (χ2n) is 1.76. The van der Waals surface area contributed by atoms with Gasteiger partial charge in [0.2, 0.25) is 0 Å². The van der Waals surface area contributed by atoms with Gasteiger partial charge in [-0.15, -0.1) is 0 Å². The van der Waals surface area contributed by atoms with Crippen LogP contribution in [0.2, 0.25) is 0 Å². The molecule has 0 aliphatic rings. The van der Waals surface area contributed by atoms with E-state index in [0.29, 0.717) is 0 Å². The molecule has 1 aromatic rings. The third-order valence-electron chi connectivity index (χ3n) is 1.07. The smallest absolute Gasteiger partial charge is 0.107 e. The molecule has 0 unspecified atom stereocenters. The minimum absolute atomic E-state index is 0.265. The van der Waals surface area contributed by atoms with Crippen LogP contribution in [0.5, 0.6) is 0 Å². The van der Waals surface area contributed by atoms with Gasteiger partial charge in [0, 0.05) is 0 Å². The van der Waals surface area contributed by atoms with E-state index in [1.807, 2.05) is 30.3 Å². The van der Waals surface area contributed by atoms with Gasteiger partial charge in [0.25, 0.3) is 0 Å². The van der Waals surface area contributed by atoms with Crippen molar-refractivity contribution in [3.05, 3.63) is 35.9 Å². The lowest BCUT2D eigenvalue weighted by molar-refractivity contribution is -0.253. The summed E-state index contributed by atoms with van der Waals surface area (Å²) in [5, 5.41) is 8.02. The Bertz CT molecular complexity index is 160. The molecule has 0 amide bonds. The van der Waals surface area contributed by atoms with Crippen LogP contribution in [-0.4, -0.2) is 5.26 Å². The van der Waals surface area contributed by atoms with Gasteiger partial charge in [0.15, 0.2) is 0 Å². The summed E-state index contributed by atoms with van der Waals surface area (Å²) in [6.45, 7) is 0.265. The van der Waals surface area contributed by atoms with Crippen molar-refractivity contribution in [2.75, 3.05) is 0 Å². The Labute approximate surface area is 53.6 Å². The monoisotopic (exact) mass is 124 g/mol. The summed E-state index contributed by atoms with van der Waals surface area (Å²) < 4.78 is 0. The average Bonchev–Trinajstić information content (AvgIpc) is 1.91. The van der Waals surface area contributed by atoms with E-state index >= 15 is 0 Å². The zero-order valence-electron chi connectivity index (χ0n) is 4.95. The van der Waals surface area contributed by atoms with Gasteiger partial charge in [0.05, 0.1) is 0 Å². The van der Waals surface area contributed by atoms with Crippen LogP contribution < -0.4 is 0 Å². The number of hydrogen-bond donors (Lipinski definition) is 1. The lowest BCUT2D eigenvalue weighted by Crippen LogP contribution is -1.84. The Kier molecular flexibility index (Phi) is 2.24. The summed E-state index contributed by atoms with van der Waals surface area (Å²) in [4.78, 5) is 3.93. The van der Waals surface area contributed by atoms with Gasteiger partial charge in [-0.1, -0.05) is 30.3 Å². The van der Waals surface area contributed by atoms with E-state index in [9.17, 15) is 0 Å².